The summed E-state index contributed by atoms with van der Waals surface area (Å²) in [4.78, 5) is 2.52. The van der Waals surface area contributed by atoms with Crippen LogP contribution in [-0.2, 0) is 6.54 Å². The van der Waals surface area contributed by atoms with Crippen LogP contribution >= 0.6 is 0 Å². The largest absolute Gasteiger partial charge is 0.497 e. The van der Waals surface area contributed by atoms with Gasteiger partial charge in [0.1, 0.15) is 11.5 Å². The summed E-state index contributed by atoms with van der Waals surface area (Å²) in [5, 5.41) is 3.63. The lowest BCUT2D eigenvalue weighted by molar-refractivity contribution is 0.268. The lowest BCUT2D eigenvalue weighted by Crippen LogP contribution is -2.34. The summed E-state index contributed by atoms with van der Waals surface area (Å²) >= 11 is 0. The van der Waals surface area contributed by atoms with E-state index >= 15 is 0 Å². The lowest BCUT2D eigenvalue weighted by atomic mass is 10.1. The van der Waals surface area contributed by atoms with Gasteiger partial charge in [0.25, 0.3) is 0 Å². The standard InChI is InChI=1S/C16H26N2O2/c1-12(2)18-6-5-14(11-18)17-10-13-7-15(19-3)9-16(8-13)20-4/h7-9,12,14,17H,5-6,10-11H2,1-4H3/t14-/m1/s1. The Labute approximate surface area is 122 Å². The number of nitrogens with zero attached hydrogens (tertiary/aromatic N) is 1. The van der Waals surface area contributed by atoms with Crippen LogP contribution in [0.25, 0.3) is 0 Å². The Balaban J connectivity index is 1.91. The molecule has 0 spiro atoms. The Morgan fingerprint density at radius 1 is 1.20 bits per heavy atom. The maximum Gasteiger partial charge on any atom is 0.122 e. The molecule has 0 aliphatic carbocycles. The number of hydrogen-bond acceptors (Lipinski definition) is 4. The predicted octanol–water partition coefficient (Wildman–Crippen LogP) is 2.28. The fourth-order valence-electron chi connectivity index (χ4n) is 2.65. The molecule has 1 fully saturated rings. The number of likely N-dealkylation sites (tertiary alicyclic amines) is 1. The monoisotopic (exact) mass is 278 g/mol. The topological polar surface area (TPSA) is 33.7 Å². The Morgan fingerprint density at radius 3 is 2.35 bits per heavy atom. The van der Waals surface area contributed by atoms with Crippen LogP contribution < -0.4 is 14.8 Å². The van der Waals surface area contributed by atoms with Crippen LogP contribution in [0.3, 0.4) is 0 Å². The van der Waals surface area contributed by atoms with E-state index in [-0.39, 0.29) is 0 Å². The van der Waals surface area contributed by atoms with Crippen molar-refractivity contribution in [2.45, 2.75) is 38.9 Å². The van der Waals surface area contributed by atoms with Crippen LogP contribution in [0.4, 0.5) is 0 Å². The van der Waals surface area contributed by atoms with Gasteiger partial charge in [0, 0.05) is 31.2 Å². The fourth-order valence-corrected chi connectivity index (χ4v) is 2.65. The van der Waals surface area contributed by atoms with E-state index in [1.807, 2.05) is 6.07 Å². The minimum absolute atomic E-state index is 0.578. The highest BCUT2D eigenvalue weighted by atomic mass is 16.5. The molecule has 4 nitrogen and oxygen atoms in total. The van der Waals surface area contributed by atoms with E-state index in [2.05, 4.69) is 36.2 Å². The number of methoxy groups -OCH3 is 2. The van der Waals surface area contributed by atoms with E-state index in [1.165, 1.54) is 18.5 Å². The third-order valence-corrected chi connectivity index (χ3v) is 3.96. The summed E-state index contributed by atoms with van der Waals surface area (Å²) in [6.45, 7) is 7.70. The zero-order chi connectivity index (χ0) is 14.5. The van der Waals surface area contributed by atoms with Crippen molar-refractivity contribution in [3.8, 4) is 11.5 Å². The molecule has 0 unspecified atom stereocenters. The molecule has 0 aromatic heterocycles. The van der Waals surface area contributed by atoms with E-state index in [9.17, 15) is 0 Å². The molecule has 2 rings (SSSR count). The van der Waals surface area contributed by atoms with Crippen LogP contribution in [0.2, 0.25) is 0 Å². The first-order valence-electron chi connectivity index (χ1n) is 7.31. The molecule has 0 amide bonds. The Morgan fingerprint density at radius 2 is 1.85 bits per heavy atom. The van der Waals surface area contributed by atoms with Gasteiger partial charge < -0.3 is 14.8 Å². The number of nitrogens with one attached hydrogen (secondary N) is 1. The third kappa shape index (κ3) is 3.87. The molecule has 112 valence electrons. The number of ether oxygens (including phenoxy) is 2. The summed E-state index contributed by atoms with van der Waals surface area (Å²) < 4.78 is 10.6. The van der Waals surface area contributed by atoms with Crippen molar-refractivity contribution in [1.82, 2.24) is 10.2 Å². The van der Waals surface area contributed by atoms with Crippen molar-refractivity contribution in [2.24, 2.45) is 0 Å². The SMILES string of the molecule is COc1cc(CN[C@@H]2CCN(C(C)C)C2)cc(OC)c1. The van der Waals surface area contributed by atoms with Gasteiger partial charge in [0.2, 0.25) is 0 Å². The van der Waals surface area contributed by atoms with Crippen LogP contribution in [-0.4, -0.2) is 44.3 Å². The lowest BCUT2D eigenvalue weighted by Gasteiger charge is -2.20. The van der Waals surface area contributed by atoms with Crippen LogP contribution in [0.1, 0.15) is 25.8 Å². The van der Waals surface area contributed by atoms with E-state index in [0.29, 0.717) is 12.1 Å². The van der Waals surface area contributed by atoms with Crippen molar-refractivity contribution in [2.75, 3.05) is 27.3 Å². The molecule has 0 saturated carbocycles. The average molecular weight is 278 g/mol. The van der Waals surface area contributed by atoms with Gasteiger partial charge in [-0.15, -0.1) is 0 Å². The van der Waals surface area contributed by atoms with Crippen molar-refractivity contribution < 1.29 is 9.47 Å². The second-order valence-corrected chi connectivity index (χ2v) is 5.68. The van der Waals surface area contributed by atoms with Crippen LogP contribution in [0.15, 0.2) is 18.2 Å². The van der Waals surface area contributed by atoms with Gasteiger partial charge in [0.15, 0.2) is 0 Å². The van der Waals surface area contributed by atoms with Crippen LogP contribution in [0, 0.1) is 0 Å². The smallest absolute Gasteiger partial charge is 0.122 e. The second-order valence-electron chi connectivity index (χ2n) is 5.68. The molecule has 0 bridgehead atoms. The Bertz CT molecular complexity index is 412. The van der Waals surface area contributed by atoms with Crippen LogP contribution in [0.5, 0.6) is 11.5 Å². The first-order chi connectivity index (χ1) is 9.62. The summed E-state index contributed by atoms with van der Waals surface area (Å²) in [7, 11) is 3.37. The van der Waals surface area contributed by atoms with Gasteiger partial charge in [-0.05, 0) is 44.5 Å². The Hall–Kier alpha value is -1.26. The molecule has 1 saturated heterocycles. The van der Waals surface area contributed by atoms with Gasteiger partial charge in [-0.25, -0.2) is 0 Å². The molecule has 1 heterocycles. The summed E-state index contributed by atoms with van der Waals surface area (Å²) in [5.74, 6) is 1.69. The molecule has 1 atom stereocenters. The average Bonchev–Trinajstić information content (AvgIpc) is 2.93. The van der Waals surface area contributed by atoms with Crippen molar-refractivity contribution in [1.29, 1.82) is 0 Å². The molecule has 4 heteroatoms. The van der Waals surface area contributed by atoms with Gasteiger partial charge in [-0.3, -0.25) is 4.90 Å². The third-order valence-electron chi connectivity index (χ3n) is 3.96. The number of hydrogen-bond donors (Lipinski definition) is 1. The maximum absolute atomic E-state index is 5.30. The molecular weight excluding hydrogens is 252 g/mol. The van der Waals surface area contributed by atoms with E-state index in [0.717, 1.165) is 24.6 Å². The molecule has 1 N–H and O–H groups in total. The molecule has 1 aliphatic rings. The van der Waals surface area contributed by atoms with Gasteiger partial charge in [-0.1, -0.05) is 0 Å². The minimum Gasteiger partial charge on any atom is -0.497 e. The predicted molar refractivity (Wildman–Crippen MR) is 81.5 cm³/mol. The van der Waals surface area contributed by atoms with Gasteiger partial charge >= 0.3 is 0 Å². The second kappa shape index (κ2) is 6.95. The first kappa shape index (κ1) is 15.1. The molecule has 0 radical (unpaired) electrons. The van der Waals surface area contributed by atoms with Crippen molar-refractivity contribution in [3.63, 3.8) is 0 Å². The van der Waals surface area contributed by atoms with E-state index in [4.69, 9.17) is 9.47 Å². The zero-order valence-electron chi connectivity index (χ0n) is 13.0. The molecular formula is C16H26N2O2. The molecule has 1 aromatic rings. The number of benzene rings is 1. The summed E-state index contributed by atoms with van der Waals surface area (Å²) in [6.07, 6.45) is 1.22. The van der Waals surface area contributed by atoms with E-state index < -0.39 is 0 Å². The fraction of sp³-hybridized carbons (Fsp3) is 0.625. The van der Waals surface area contributed by atoms with Gasteiger partial charge in [0.05, 0.1) is 14.2 Å². The maximum atomic E-state index is 5.30. The minimum atomic E-state index is 0.578. The molecule has 1 aliphatic heterocycles. The summed E-state index contributed by atoms with van der Waals surface area (Å²) in [6, 6.07) is 7.24. The molecule has 20 heavy (non-hydrogen) atoms. The molecule has 1 aromatic carbocycles. The Kier molecular flexibility index (Phi) is 5.26. The highest BCUT2D eigenvalue weighted by molar-refractivity contribution is 5.38. The quantitative estimate of drug-likeness (QED) is 0.865. The normalized spacial score (nSPS) is 19.6. The zero-order valence-corrected chi connectivity index (χ0v) is 13.0. The van der Waals surface area contributed by atoms with Crippen molar-refractivity contribution in [3.05, 3.63) is 23.8 Å². The highest BCUT2D eigenvalue weighted by Crippen LogP contribution is 2.22. The van der Waals surface area contributed by atoms with Gasteiger partial charge in [-0.2, -0.15) is 0 Å². The summed E-state index contributed by atoms with van der Waals surface area (Å²) in [5.41, 5.74) is 1.20. The number of rotatable bonds is 6. The first-order valence-corrected chi connectivity index (χ1v) is 7.31. The van der Waals surface area contributed by atoms with Crippen molar-refractivity contribution >= 4 is 0 Å². The highest BCUT2D eigenvalue weighted by Gasteiger charge is 2.23. The van der Waals surface area contributed by atoms with E-state index in [1.54, 1.807) is 14.2 Å².